The molecule has 7 heteroatoms. The minimum atomic E-state index is -1.09. The first-order valence-corrected chi connectivity index (χ1v) is 15.3. The number of hydrogen-bond acceptors (Lipinski definition) is 6. The number of unbranched alkanes of at least 4 members (excludes halogenated alkanes) is 1. The van der Waals surface area contributed by atoms with Gasteiger partial charge in [-0.15, -0.1) is 0 Å². The van der Waals surface area contributed by atoms with E-state index in [1.54, 1.807) is 11.9 Å². The van der Waals surface area contributed by atoms with Gasteiger partial charge in [0.2, 0.25) is 0 Å². The van der Waals surface area contributed by atoms with Crippen LogP contribution in [0.25, 0.3) is 0 Å². The number of aliphatic hydroxyl groups is 1. The zero-order chi connectivity index (χ0) is 31.0. The Morgan fingerprint density at radius 2 is 1.38 bits per heavy atom. The van der Waals surface area contributed by atoms with E-state index in [1.165, 1.54) is 0 Å². The van der Waals surface area contributed by atoms with Crippen LogP contribution >= 0.6 is 0 Å². The second-order valence-corrected chi connectivity index (χ2v) is 13.5. The van der Waals surface area contributed by atoms with Crippen LogP contribution < -0.4 is 0 Å². The molecule has 0 spiro atoms. The van der Waals surface area contributed by atoms with Crippen LogP contribution in [0.5, 0.6) is 0 Å². The molecule has 0 heterocycles. The minimum absolute atomic E-state index is 0.101. The molecule has 234 valence electrons. The Labute approximate surface area is 253 Å². The summed E-state index contributed by atoms with van der Waals surface area (Å²) in [5.41, 5.74) is -0.0173. The standard InChI is InChI=1S/C35H53NO6/c1-9-10-21-34(5,6)35(7,38)25-41-31-29(40-24-27-19-15-12-16-20-27)22-28(39-23-26-17-13-11-14-18-26)30(31)36(8)32(37)42-33(2,3)4/h11-20,28-31,38H,9-10,21-25H2,1-8H3/t28-,29+,30+,31+,35?/m1/s1. The average Bonchev–Trinajstić information content (AvgIpc) is 3.29. The fourth-order valence-electron chi connectivity index (χ4n) is 5.29. The van der Waals surface area contributed by atoms with Gasteiger partial charge in [-0.05, 0) is 50.7 Å². The van der Waals surface area contributed by atoms with Gasteiger partial charge in [0.1, 0.15) is 11.7 Å². The van der Waals surface area contributed by atoms with Crippen molar-refractivity contribution in [3.8, 4) is 0 Å². The summed E-state index contributed by atoms with van der Waals surface area (Å²) in [4.78, 5) is 15.0. The molecule has 1 fully saturated rings. The van der Waals surface area contributed by atoms with Crippen molar-refractivity contribution in [2.45, 2.75) is 123 Å². The van der Waals surface area contributed by atoms with Crippen molar-refractivity contribution in [2.75, 3.05) is 13.7 Å². The number of hydrogen-bond donors (Lipinski definition) is 1. The van der Waals surface area contributed by atoms with E-state index in [1.807, 2.05) is 88.4 Å². The lowest BCUT2D eigenvalue weighted by molar-refractivity contribution is -0.157. The molecule has 7 nitrogen and oxygen atoms in total. The summed E-state index contributed by atoms with van der Waals surface area (Å²) in [6, 6.07) is 19.5. The summed E-state index contributed by atoms with van der Waals surface area (Å²) in [5, 5.41) is 11.6. The third-order valence-electron chi connectivity index (χ3n) is 8.46. The first-order valence-electron chi connectivity index (χ1n) is 15.3. The van der Waals surface area contributed by atoms with Crippen LogP contribution in [0.1, 0.15) is 85.3 Å². The van der Waals surface area contributed by atoms with Gasteiger partial charge in [0, 0.05) is 13.5 Å². The van der Waals surface area contributed by atoms with Crippen molar-refractivity contribution in [1.29, 1.82) is 0 Å². The molecule has 2 aromatic carbocycles. The molecule has 1 amide bonds. The summed E-state index contributed by atoms with van der Waals surface area (Å²) < 4.78 is 25.4. The van der Waals surface area contributed by atoms with Crippen molar-refractivity contribution >= 4 is 6.09 Å². The zero-order valence-electron chi connectivity index (χ0n) is 27.0. The van der Waals surface area contributed by atoms with Gasteiger partial charge in [0.25, 0.3) is 0 Å². The molecule has 0 bridgehead atoms. The highest BCUT2D eigenvalue weighted by Crippen LogP contribution is 2.39. The summed E-state index contributed by atoms with van der Waals surface area (Å²) in [7, 11) is 1.73. The molecule has 2 aromatic rings. The normalized spacial score (nSPS) is 22.5. The molecule has 3 rings (SSSR count). The first-order chi connectivity index (χ1) is 19.7. The quantitative estimate of drug-likeness (QED) is 0.255. The highest BCUT2D eigenvalue weighted by atomic mass is 16.6. The predicted octanol–water partition coefficient (Wildman–Crippen LogP) is 7.15. The van der Waals surface area contributed by atoms with Gasteiger partial charge in [-0.2, -0.15) is 0 Å². The van der Waals surface area contributed by atoms with Gasteiger partial charge in [-0.1, -0.05) is 94.3 Å². The fraction of sp³-hybridized carbons (Fsp3) is 0.629. The second-order valence-electron chi connectivity index (χ2n) is 13.5. The highest BCUT2D eigenvalue weighted by molar-refractivity contribution is 5.68. The van der Waals surface area contributed by atoms with Crippen LogP contribution in [0.2, 0.25) is 0 Å². The number of nitrogens with zero attached hydrogens (tertiary/aromatic N) is 1. The largest absolute Gasteiger partial charge is 0.444 e. The zero-order valence-corrected chi connectivity index (χ0v) is 27.0. The van der Waals surface area contributed by atoms with Gasteiger partial charge in [-0.3, -0.25) is 0 Å². The Hall–Kier alpha value is -2.45. The lowest BCUT2D eigenvalue weighted by Gasteiger charge is -2.42. The Morgan fingerprint density at radius 3 is 1.88 bits per heavy atom. The molecule has 1 N–H and O–H groups in total. The minimum Gasteiger partial charge on any atom is -0.444 e. The van der Waals surface area contributed by atoms with Crippen LogP contribution in [0.15, 0.2) is 60.7 Å². The molecule has 1 aliphatic rings. The number of likely N-dealkylation sites (N-methyl/N-ethyl adjacent to an activating group) is 1. The van der Waals surface area contributed by atoms with Gasteiger partial charge in [0.05, 0.1) is 43.7 Å². The van der Waals surface area contributed by atoms with E-state index in [9.17, 15) is 9.90 Å². The molecule has 0 aromatic heterocycles. The molecule has 0 saturated heterocycles. The van der Waals surface area contributed by atoms with Gasteiger partial charge >= 0.3 is 6.09 Å². The van der Waals surface area contributed by atoms with Crippen LogP contribution in [0.3, 0.4) is 0 Å². The van der Waals surface area contributed by atoms with E-state index >= 15 is 0 Å². The molecule has 1 aliphatic carbocycles. The van der Waals surface area contributed by atoms with E-state index < -0.39 is 29.4 Å². The molecule has 0 aliphatic heterocycles. The third kappa shape index (κ3) is 9.53. The van der Waals surface area contributed by atoms with E-state index in [-0.39, 0.29) is 24.2 Å². The molecule has 0 radical (unpaired) electrons. The molecule has 1 saturated carbocycles. The number of amides is 1. The smallest absolute Gasteiger partial charge is 0.410 e. The van der Waals surface area contributed by atoms with Crippen molar-refractivity contribution in [3.63, 3.8) is 0 Å². The fourth-order valence-corrected chi connectivity index (χ4v) is 5.29. The van der Waals surface area contributed by atoms with Crippen molar-refractivity contribution in [3.05, 3.63) is 71.8 Å². The van der Waals surface area contributed by atoms with Crippen molar-refractivity contribution in [1.82, 2.24) is 4.90 Å². The van der Waals surface area contributed by atoms with Crippen LogP contribution in [0, 0.1) is 5.41 Å². The maximum atomic E-state index is 13.4. The van der Waals surface area contributed by atoms with E-state index in [2.05, 4.69) is 20.8 Å². The number of carbonyl (C=O) groups excluding carboxylic acids is 1. The summed E-state index contributed by atoms with van der Waals surface area (Å²) in [5.74, 6) is 0. The maximum Gasteiger partial charge on any atom is 0.410 e. The van der Waals surface area contributed by atoms with Crippen LogP contribution in [-0.4, -0.2) is 65.3 Å². The summed E-state index contributed by atoms with van der Waals surface area (Å²) in [6.07, 6.45) is 1.76. The lowest BCUT2D eigenvalue weighted by Crippen LogP contribution is -2.54. The Kier molecular flexibility index (Phi) is 12.0. The van der Waals surface area contributed by atoms with Gasteiger partial charge in [0.15, 0.2) is 0 Å². The number of rotatable bonds is 14. The van der Waals surface area contributed by atoms with E-state index in [0.717, 1.165) is 30.4 Å². The maximum absolute atomic E-state index is 13.4. The molecule has 1 unspecified atom stereocenters. The van der Waals surface area contributed by atoms with E-state index in [4.69, 9.17) is 18.9 Å². The predicted molar refractivity (Wildman–Crippen MR) is 166 cm³/mol. The Balaban J connectivity index is 1.90. The number of ether oxygens (including phenoxy) is 4. The van der Waals surface area contributed by atoms with Crippen molar-refractivity contribution < 1.29 is 28.8 Å². The summed E-state index contributed by atoms with van der Waals surface area (Å²) in [6.45, 7) is 14.6. The monoisotopic (exact) mass is 583 g/mol. The Bertz CT molecular complexity index is 1080. The SMILES string of the molecule is CCCCC(C)(C)C(C)(O)CO[C@@H]1[C@@H](N(C)C(=O)OC(C)(C)C)[C@H](OCc2ccccc2)C[C@@H]1OCc1ccccc1. The second kappa shape index (κ2) is 14.8. The van der Waals surface area contributed by atoms with Crippen LogP contribution in [-0.2, 0) is 32.2 Å². The lowest BCUT2D eigenvalue weighted by atomic mass is 9.73. The van der Waals surface area contributed by atoms with Gasteiger partial charge in [-0.25, -0.2) is 4.79 Å². The number of carbonyl (C=O) groups is 1. The number of benzene rings is 2. The molecule has 42 heavy (non-hydrogen) atoms. The molecular formula is C35H53NO6. The first kappa shape index (κ1) is 34.0. The summed E-state index contributed by atoms with van der Waals surface area (Å²) >= 11 is 0. The molecule has 5 atom stereocenters. The van der Waals surface area contributed by atoms with Crippen molar-refractivity contribution in [2.24, 2.45) is 5.41 Å². The van der Waals surface area contributed by atoms with Crippen LogP contribution in [0.4, 0.5) is 4.79 Å². The topological polar surface area (TPSA) is 77.5 Å². The molecular weight excluding hydrogens is 530 g/mol. The average molecular weight is 584 g/mol. The van der Waals surface area contributed by atoms with E-state index in [0.29, 0.717) is 19.6 Å². The third-order valence-corrected chi connectivity index (χ3v) is 8.46. The Morgan fingerprint density at radius 1 is 0.857 bits per heavy atom. The van der Waals surface area contributed by atoms with Gasteiger partial charge < -0.3 is 29.0 Å². The highest BCUT2D eigenvalue weighted by Gasteiger charge is 2.51.